The second-order valence-corrected chi connectivity index (χ2v) is 3.43. The maximum atomic E-state index is 5.69. The van der Waals surface area contributed by atoms with Gasteiger partial charge in [-0.2, -0.15) is 0 Å². The molecule has 3 heteroatoms. The molecular formula is C11H14N2O. The number of aromatic nitrogens is 1. The van der Waals surface area contributed by atoms with Crippen LogP contribution in [0.4, 0.5) is 5.82 Å². The summed E-state index contributed by atoms with van der Waals surface area (Å²) in [6, 6.07) is 3.97. The molecule has 0 aliphatic rings. The molecule has 3 nitrogen and oxygen atoms in total. The molecule has 0 aliphatic carbocycles. The first kappa shape index (κ1) is 9.06. The van der Waals surface area contributed by atoms with Crippen molar-refractivity contribution in [1.29, 1.82) is 0 Å². The SMILES string of the molecule is CCCCc1cc2ccnc(N)c2o1. The van der Waals surface area contributed by atoms with Gasteiger partial charge in [-0.25, -0.2) is 4.98 Å². The molecule has 0 amide bonds. The van der Waals surface area contributed by atoms with Crippen LogP contribution in [0, 0.1) is 0 Å². The van der Waals surface area contributed by atoms with Crippen molar-refractivity contribution in [3.8, 4) is 0 Å². The first-order valence-electron chi connectivity index (χ1n) is 4.94. The topological polar surface area (TPSA) is 52.0 Å². The number of aryl methyl sites for hydroxylation is 1. The van der Waals surface area contributed by atoms with Gasteiger partial charge in [0.2, 0.25) is 0 Å². The van der Waals surface area contributed by atoms with Crippen molar-refractivity contribution in [3.63, 3.8) is 0 Å². The Morgan fingerprint density at radius 3 is 3.07 bits per heavy atom. The molecular weight excluding hydrogens is 176 g/mol. The van der Waals surface area contributed by atoms with Crippen LogP contribution in [0.2, 0.25) is 0 Å². The summed E-state index contributed by atoms with van der Waals surface area (Å²) in [6.45, 7) is 2.17. The lowest BCUT2D eigenvalue weighted by atomic mass is 10.2. The van der Waals surface area contributed by atoms with E-state index in [-0.39, 0.29) is 0 Å². The molecule has 0 saturated heterocycles. The average molecular weight is 190 g/mol. The second-order valence-electron chi connectivity index (χ2n) is 3.43. The molecule has 14 heavy (non-hydrogen) atoms. The number of pyridine rings is 1. The Morgan fingerprint density at radius 1 is 1.50 bits per heavy atom. The lowest BCUT2D eigenvalue weighted by Crippen LogP contribution is -1.87. The van der Waals surface area contributed by atoms with Crippen LogP contribution < -0.4 is 5.73 Å². The highest BCUT2D eigenvalue weighted by atomic mass is 16.3. The molecule has 0 fully saturated rings. The van der Waals surface area contributed by atoms with Crippen molar-refractivity contribution in [2.45, 2.75) is 26.2 Å². The second kappa shape index (κ2) is 3.70. The van der Waals surface area contributed by atoms with Crippen molar-refractivity contribution in [1.82, 2.24) is 4.98 Å². The van der Waals surface area contributed by atoms with Crippen LogP contribution in [0.3, 0.4) is 0 Å². The third kappa shape index (κ3) is 1.58. The van der Waals surface area contributed by atoms with Crippen molar-refractivity contribution in [2.75, 3.05) is 5.73 Å². The number of furan rings is 1. The molecule has 2 N–H and O–H groups in total. The summed E-state index contributed by atoms with van der Waals surface area (Å²) in [4.78, 5) is 3.98. The molecule has 0 saturated carbocycles. The molecule has 2 heterocycles. The van der Waals surface area contributed by atoms with E-state index in [2.05, 4.69) is 11.9 Å². The molecule has 74 valence electrons. The first-order valence-corrected chi connectivity index (χ1v) is 4.94. The van der Waals surface area contributed by atoms with Gasteiger partial charge < -0.3 is 10.2 Å². The van der Waals surface area contributed by atoms with E-state index in [4.69, 9.17) is 10.2 Å². The first-order chi connectivity index (χ1) is 6.81. The number of nitrogen functional groups attached to an aromatic ring is 1. The Hall–Kier alpha value is -1.51. The van der Waals surface area contributed by atoms with Crippen LogP contribution in [0.15, 0.2) is 22.7 Å². The number of nitrogens with two attached hydrogens (primary N) is 1. The summed E-state index contributed by atoms with van der Waals surface area (Å²) in [6.07, 6.45) is 5.00. The van der Waals surface area contributed by atoms with Crippen molar-refractivity contribution in [3.05, 3.63) is 24.1 Å². The summed E-state index contributed by atoms with van der Waals surface area (Å²) in [5.74, 6) is 1.48. The van der Waals surface area contributed by atoms with Crippen LogP contribution >= 0.6 is 0 Å². The average Bonchev–Trinajstić information content (AvgIpc) is 2.59. The lowest BCUT2D eigenvalue weighted by Gasteiger charge is -1.92. The largest absolute Gasteiger partial charge is 0.457 e. The Kier molecular flexibility index (Phi) is 2.39. The lowest BCUT2D eigenvalue weighted by molar-refractivity contribution is 0.537. The molecule has 0 unspecified atom stereocenters. The van der Waals surface area contributed by atoms with E-state index in [9.17, 15) is 0 Å². The maximum Gasteiger partial charge on any atom is 0.176 e. The van der Waals surface area contributed by atoms with E-state index in [1.165, 1.54) is 6.42 Å². The zero-order valence-electron chi connectivity index (χ0n) is 8.29. The number of nitrogens with zero attached hydrogens (tertiary/aromatic N) is 1. The Labute approximate surface area is 82.9 Å². The summed E-state index contributed by atoms with van der Waals surface area (Å²) in [5, 5.41) is 1.05. The molecule has 2 aromatic heterocycles. The van der Waals surface area contributed by atoms with Gasteiger partial charge in [0.1, 0.15) is 5.76 Å². The molecule has 0 aromatic carbocycles. The van der Waals surface area contributed by atoms with Crippen LogP contribution in [0.25, 0.3) is 11.0 Å². The van der Waals surface area contributed by atoms with Gasteiger partial charge in [0.25, 0.3) is 0 Å². The van der Waals surface area contributed by atoms with E-state index in [0.717, 1.165) is 29.6 Å². The van der Waals surface area contributed by atoms with E-state index in [1.807, 2.05) is 12.1 Å². The number of rotatable bonds is 3. The van der Waals surface area contributed by atoms with E-state index in [0.29, 0.717) is 5.82 Å². The van der Waals surface area contributed by atoms with Gasteiger partial charge >= 0.3 is 0 Å². The van der Waals surface area contributed by atoms with E-state index < -0.39 is 0 Å². The van der Waals surface area contributed by atoms with E-state index in [1.54, 1.807) is 6.20 Å². The van der Waals surface area contributed by atoms with Crippen LogP contribution in [0.5, 0.6) is 0 Å². The molecule has 0 spiro atoms. The number of unbranched alkanes of at least 4 members (excludes halogenated alkanes) is 1. The predicted octanol–water partition coefficient (Wildman–Crippen LogP) is 2.75. The summed E-state index contributed by atoms with van der Waals surface area (Å²) in [5.41, 5.74) is 6.41. The van der Waals surface area contributed by atoms with Gasteiger partial charge in [0.05, 0.1) is 0 Å². The highest BCUT2D eigenvalue weighted by molar-refractivity contribution is 5.85. The third-order valence-corrected chi connectivity index (χ3v) is 2.29. The molecule has 0 bridgehead atoms. The van der Waals surface area contributed by atoms with Gasteiger partial charge in [-0.05, 0) is 18.6 Å². The van der Waals surface area contributed by atoms with Gasteiger partial charge in [0.15, 0.2) is 11.4 Å². The van der Waals surface area contributed by atoms with Gasteiger partial charge in [-0.15, -0.1) is 0 Å². The number of fused-ring (bicyclic) bond motifs is 1. The highest BCUT2D eigenvalue weighted by Gasteiger charge is 2.06. The van der Waals surface area contributed by atoms with Crippen LogP contribution in [-0.4, -0.2) is 4.98 Å². The number of hydrogen-bond acceptors (Lipinski definition) is 3. The Bertz CT molecular complexity index is 434. The van der Waals surface area contributed by atoms with Crippen molar-refractivity contribution < 1.29 is 4.42 Å². The molecule has 2 rings (SSSR count). The van der Waals surface area contributed by atoms with Crippen molar-refractivity contribution in [2.24, 2.45) is 0 Å². The fourth-order valence-electron chi connectivity index (χ4n) is 1.51. The Balaban J connectivity index is 2.36. The summed E-state index contributed by atoms with van der Waals surface area (Å²) in [7, 11) is 0. The number of hydrogen-bond donors (Lipinski definition) is 1. The standard InChI is InChI=1S/C11H14N2O/c1-2-3-4-9-7-8-5-6-13-11(12)10(8)14-9/h5-7H,2-4H2,1H3,(H2,12,13). The fraction of sp³-hybridized carbons (Fsp3) is 0.364. The van der Waals surface area contributed by atoms with E-state index >= 15 is 0 Å². The summed E-state index contributed by atoms with van der Waals surface area (Å²) < 4.78 is 5.61. The quantitative estimate of drug-likeness (QED) is 0.809. The molecule has 2 aromatic rings. The fourth-order valence-corrected chi connectivity index (χ4v) is 1.51. The monoisotopic (exact) mass is 190 g/mol. The minimum absolute atomic E-state index is 0.477. The molecule has 0 radical (unpaired) electrons. The Morgan fingerprint density at radius 2 is 2.36 bits per heavy atom. The predicted molar refractivity (Wildman–Crippen MR) is 57.0 cm³/mol. The zero-order valence-corrected chi connectivity index (χ0v) is 8.29. The maximum absolute atomic E-state index is 5.69. The minimum atomic E-state index is 0.477. The van der Waals surface area contributed by atoms with Crippen molar-refractivity contribution >= 4 is 16.8 Å². The molecule has 0 aliphatic heterocycles. The third-order valence-electron chi connectivity index (χ3n) is 2.29. The van der Waals surface area contributed by atoms with Gasteiger partial charge in [0, 0.05) is 18.0 Å². The molecule has 0 atom stereocenters. The van der Waals surface area contributed by atoms with Gasteiger partial charge in [-0.1, -0.05) is 13.3 Å². The number of anilines is 1. The normalized spacial score (nSPS) is 10.9. The van der Waals surface area contributed by atoms with Crippen LogP contribution in [0.1, 0.15) is 25.5 Å². The minimum Gasteiger partial charge on any atom is -0.457 e. The smallest absolute Gasteiger partial charge is 0.176 e. The van der Waals surface area contributed by atoms with Crippen LogP contribution in [-0.2, 0) is 6.42 Å². The highest BCUT2D eigenvalue weighted by Crippen LogP contribution is 2.23. The van der Waals surface area contributed by atoms with Gasteiger partial charge in [-0.3, -0.25) is 0 Å². The zero-order chi connectivity index (χ0) is 9.97. The summed E-state index contributed by atoms with van der Waals surface area (Å²) >= 11 is 0.